The Balaban J connectivity index is 2.36. The summed E-state index contributed by atoms with van der Waals surface area (Å²) in [5.41, 5.74) is 6.75. The normalized spacial score (nSPS) is 10.7. The number of benzene rings is 2. The molecular formula is C14H11F2NOS. The van der Waals surface area contributed by atoms with E-state index < -0.39 is 5.76 Å². The molecule has 2 nitrogen and oxygen atoms in total. The van der Waals surface area contributed by atoms with Crippen molar-refractivity contribution in [2.45, 2.75) is 10.7 Å². The smallest absolute Gasteiger partial charge is 0.288 e. The lowest BCUT2D eigenvalue weighted by Gasteiger charge is -2.07. The van der Waals surface area contributed by atoms with Crippen molar-refractivity contribution in [3.63, 3.8) is 0 Å². The SMILES string of the molecule is Nc1ccc(SC(F)F)cc1C(=O)c1ccccc1. The Hall–Kier alpha value is -1.88. The molecule has 2 aromatic rings. The van der Waals surface area contributed by atoms with E-state index in [0.717, 1.165) is 0 Å². The van der Waals surface area contributed by atoms with Crippen LogP contribution in [-0.2, 0) is 0 Å². The first-order valence-corrected chi connectivity index (χ1v) is 6.40. The summed E-state index contributed by atoms with van der Waals surface area (Å²) in [4.78, 5) is 12.6. The number of ketones is 1. The number of hydrogen-bond donors (Lipinski definition) is 1. The average molecular weight is 279 g/mol. The van der Waals surface area contributed by atoms with E-state index in [1.165, 1.54) is 18.2 Å². The summed E-state index contributed by atoms with van der Waals surface area (Å²) in [5, 5.41) is 0. The lowest BCUT2D eigenvalue weighted by atomic mass is 10.0. The van der Waals surface area contributed by atoms with Crippen LogP contribution in [0, 0.1) is 0 Å². The van der Waals surface area contributed by atoms with Crippen LogP contribution in [0.15, 0.2) is 53.4 Å². The van der Waals surface area contributed by atoms with Gasteiger partial charge >= 0.3 is 0 Å². The van der Waals surface area contributed by atoms with Gasteiger partial charge in [0.25, 0.3) is 5.76 Å². The molecule has 0 aliphatic heterocycles. The van der Waals surface area contributed by atoms with Crippen molar-refractivity contribution < 1.29 is 13.6 Å². The van der Waals surface area contributed by atoms with Crippen molar-refractivity contribution in [3.05, 3.63) is 59.7 Å². The number of nitrogens with two attached hydrogens (primary N) is 1. The molecule has 98 valence electrons. The van der Waals surface area contributed by atoms with E-state index in [-0.39, 0.29) is 17.0 Å². The summed E-state index contributed by atoms with van der Waals surface area (Å²) in [5.74, 6) is -2.79. The van der Waals surface area contributed by atoms with Gasteiger partial charge in [0, 0.05) is 21.7 Å². The first-order chi connectivity index (χ1) is 9.08. The van der Waals surface area contributed by atoms with E-state index >= 15 is 0 Å². The first kappa shape index (κ1) is 13.5. The number of nitrogen functional groups attached to an aromatic ring is 1. The van der Waals surface area contributed by atoms with Gasteiger partial charge in [-0.15, -0.1) is 0 Å². The van der Waals surface area contributed by atoms with E-state index in [1.807, 2.05) is 0 Å². The Morgan fingerprint density at radius 2 is 1.79 bits per heavy atom. The Morgan fingerprint density at radius 1 is 1.11 bits per heavy atom. The quantitative estimate of drug-likeness (QED) is 0.525. The zero-order chi connectivity index (χ0) is 13.8. The standard InChI is InChI=1S/C14H11F2NOS/c15-14(16)19-10-6-7-12(17)11(8-10)13(18)9-4-2-1-3-5-9/h1-8,14H,17H2. The Bertz CT molecular complexity index is 587. The molecule has 0 amide bonds. The second-order valence-electron chi connectivity index (χ2n) is 3.82. The number of anilines is 1. The van der Waals surface area contributed by atoms with Crippen LogP contribution in [0.3, 0.4) is 0 Å². The lowest BCUT2D eigenvalue weighted by molar-refractivity contribution is 0.103. The van der Waals surface area contributed by atoms with Gasteiger partial charge in [-0.2, -0.15) is 8.78 Å². The van der Waals surface area contributed by atoms with Crippen LogP contribution in [-0.4, -0.2) is 11.5 Å². The highest BCUT2D eigenvalue weighted by atomic mass is 32.2. The average Bonchev–Trinajstić information content (AvgIpc) is 2.40. The molecule has 0 spiro atoms. The summed E-state index contributed by atoms with van der Waals surface area (Å²) >= 11 is 0.393. The highest BCUT2D eigenvalue weighted by molar-refractivity contribution is 7.99. The second-order valence-corrected chi connectivity index (χ2v) is 4.89. The molecule has 0 aliphatic rings. The molecule has 0 fully saturated rings. The van der Waals surface area contributed by atoms with Crippen LogP contribution >= 0.6 is 11.8 Å². The van der Waals surface area contributed by atoms with Crippen LogP contribution in [0.5, 0.6) is 0 Å². The molecule has 0 saturated heterocycles. The zero-order valence-corrected chi connectivity index (χ0v) is 10.7. The van der Waals surface area contributed by atoms with Gasteiger partial charge in [-0.05, 0) is 18.2 Å². The summed E-state index contributed by atoms with van der Waals surface area (Å²) in [6.07, 6.45) is 0. The number of hydrogen-bond acceptors (Lipinski definition) is 3. The molecular weight excluding hydrogens is 268 g/mol. The third-order valence-corrected chi connectivity index (χ3v) is 3.23. The minimum atomic E-state index is -2.52. The molecule has 0 aromatic heterocycles. The number of carbonyl (C=O) groups is 1. The molecule has 19 heavy (non-hydrogen) atoms. The summed E-state index contributed by atoms with van der Waals surface area (Å²) < 4.78 is 24.6. The fraction of sp³-hybridized carbons (Fsp3) is 0.0714. The van der Waals surface area contributed by atoms with E-state index in [2.05, 4.69) is 0 Å². The maximum absolute atomic E-state index is 12.3. The zero-order valence-electron chi connectivity index (χ0n) is 9.85. The van der Waals surface area contributed by atoms with Crippen molar-refractivity contribution >= 4 is 23.2 Å². The predicted molar refractivity (Wildman–Crippen MR) is 72.6 cm³/mol. The molecule has 2 N–H and O–H groups in total. The van der Waals surface area contributed by atoms with Crippen LogP contribution in [0.1, 0.15) is 15.9 Å². The topological polar surface area (TPSA) is 43.1 Å². The molecule has 0 aliphatic carbocycles. The Labute approximate surface area is 113 Å². The fourth-order valence-corrected chi connectivity index (χ4v) is 2.19. The van der Waals surface area contributed by atoms with Gasteiger partial charge in [-0.3, -0.25) is 4.79 Å². The van der Waals surface area contributed by atoms with E-state index in [1.54, 1.807) is 30.3 Å². The van der Waals surface area contributed by atoms with Crippen molar-refractivity contribution in [1.29, 1.82) is 0 Å². The van der Waals surface area contributed by atoms with Gasteiger partial charge in [0.05, 0.1) is 0 Å². The van der Waals surface area contributed by atoms with Gasteiger partial charge in [0.1, 0.15) is 0 Å². The number of halogens is 2. The molecule has 2 rings (SSSR count). The van der Waals surface area contributed by atoms with Gasteiger partial charge in [-0.25, -0.2) is 0 Å². The molecule has 2 aromatic carbocycles. The monoisotopic (exact) mass is 279 g/mol. The van der Waals surface area contributed by atoms with E-state index in [4.69, 9.17) is 5.73 Å². The maximum Gasteiger partial charge on any atom is 0.288 e. The molecule has 5 heteroatoms. The van der Waals surface area contributed by atoms with Gasteiger partial charge in [0.2, 0.25) is 0 Å². The molecule has 0 saturated carbocycles. The van der Waals surface area contributed by atoms with Crippen molar-refractivity contribution in [1.82, 2.24) is 0 Å². The number of rotatable bonds is 4. The number of carbonyl (C=O) groups excluding carboxylic acids is 1. The van der Waals surface area contributed by atoms with Crippen molar-refractivity contribution in [3.8, 4) is 0 Å². The third kappa shape index (κ3) is 3.32. The van der Waals surface area contributed by atoms with Gasteiger partial charge < -0.3 is 5.73 Å². The summed E-state index contributed by atoms with van der Waals surface area (Å²) in [7, 11) is 0. The summed E-state index contributed by atoms with van der Waals surface area (Å²) in [6, 6.07) is 12.9. The van der Waals surface area contributed by atoms with Crippen LogP contribution in [0.4, 0.5) is 14.5 Å². The highest BCUT2D eigenvalue weighted by Gasteiger charge is 2.14. The van der Waals surface area contributed by atoms with Crippen LogP contribution in [0.2, 0.25) is 0 Å². The minimum Gasteiger partial charge on any atom is -0.398 e. The Morgan fingerprint density at radius 3 is 2.42 bits per heavy atom. The molecule has 0 bridgehead atoms. The third-order valence-electron chi connectivity index (χ3n) is 2.53. The maximum atomic E-state index is 12.3. The van der Waals surface area contributed by atoms with Crippen molar-refractivity contribution in [2.24, 2.45) is 0 Å². The second kappa shape index (κ2) is 5.84. The van der Waals surface area contributed by atoms with E-state index in [0.29, 0.717) is 22.2 Å². The number of alkyl halides is 2. The van der Waals surface area contributed by atoms with Crippen molar-refractivity contribution in [2.75, 3.05) is 5.73 Å². The predicted octanol–water partition coefficient (Wildman–Crippen LogP) is 3.81. The number of thioether (sulfide) groups is 1. The molecule has 0 unspecified atom stereocenters. The van der Waals surface area contributed by atoms with Gasteiger partial charge in [0.15, 0.2) is 5.78 Å². The summed E-state index contributed by atoms with van der Waals surface area (Å²) in [6.45, 7) is 0. The van der Waals surface area contributed by atoms with E-state index in [9.17, 15) is 13.6 Å². The fourth-order valence-electron chi connectivity index (χ4n) is 1.65. The highest BCUT2D eigenvalue weighted by Crippen LogP contribution is 2.28. The lowest BCUT2D eigenvalue weighted by Crippen LogP contribution is -2.05. The molecule has 0 atom stereocenters. The largest absolute Gasteiger partial charge is 0.398 e. The first-order valence-electron chi connectivity index (χ1n) is 5.52. The minimum absolute atomic E-state index is 0.247. The van der Waals surface area contributed by atoms with Crippen LogP contribution in [0.25, 0.3) is 0 Å². The molecule has 0 heterocycles. The molecule has 0 radical (unpaired) electrons. The van der Waals surface area contributed by atoms with Gasteiger partial charge in [-0.1, -0.05) is 42.1 Å². The Kier molecular flexibility index (Phi) is 4.16. The van der Waals surface area contributed by atoms with Crippen LogP contribution < -0.4 is 5.73 Å².